The first-order valence-electron chi connectivity index (χ1n) is 19.5. The first kappa shape index (κ1) is 38.3. The lowest BCUT2D eigenvalue weighted by molar-refractivity contribution is 0.0469. The number of nitrogens with one attached hydrogen (secondary N) is 1. The van der Waals surface area contributed by atoms with E-state index in [2.05, 4.69) is 29.0 Å². The molecule has 1 aliphatic heterocycles. The zero-order valence-electron chi connectivity index (χ0n) is 33.4. The Hall–Kier alpha value is -6.55. The van der Waals surface area contributed by atoms with Crippen LogP contribution in [0.5, 0.6) is 0 Å². The minimum absolute atomic E-state index is 0.00626. The number of hydrogen-bond acceptors (Lipinski definition) is 9. The molecule has 0 radical (unpaired) electrons. The van der Waals surface area contributed by atoms with Crippen molar-refractivity contribution in [2.24, 2.45) is 13.0 Å². The van der Waals surface area contributed by atoms with Crippen LogP contribution in [-0.4, -0.2) is 56.8 Å². The Labute approximate surface area is 334 Å². The van der Waals surface area contributed by atoms with Gasteiger partial charge in [0.05, 0.1) is 33.2 Å². The van der Waals surface area contributed by atoms with Crippen LogP contribution < -0.4 is 15.2 Å². The van der Waals surface area contributed by atoms with Gasteiger partial charge in [0, 0.05) is 67.9 Å². The summed E-state index contributed by atoms with van der Waals surface area (Å²) in [5.74, 6) is -1.18. The number of nitriles is 1. The monoisotopic (exact) mass is 781 g/mol. The average Bonchev–Trinajstić information content (AvgIpc) is 3.81. The maximum absolute atomic E-state index is 16.2. The molecule has 1 fully saturated rings. The van der Waals surface area contributed by atoms with E-state index in [1.807, 2.05) is 30.3 Å². The van der Waals surface area contributed by atoms with Gasteiger partial charge >= 0.3 is 12.1 Å². The van der Waals surface area contributed by atoms with E-state index >= 15 is 4.39 Å². The zero-order chi connectivity index (χ0) is 41.0. The largest absolute Gasteiger partial charge is 0.457 e. The van der Waals surface area contributed by atoms with Crippen LogP contribution in [-0.2, 0) is 23.1 Å². The topological polar surface area (TPSA) is 146 Å². The number of aryl methyl sites for hydroxylation is 1. The lowest BCUT2D eigenvalue weighted by atomic mass is 9.84. The summed E-state index contributed by atoms with van der Waals surface area (Å²) in [5, 5.41) is 11.5. The number of ether oxygens (including phenoxy) is 2. The Kier molecular flexibility index (Phi) is 9.75. The van der Waals surface area contributed by atoms with Gasteiger partial charge in [-0.15, -0.1) is 0 Å². The van der Waals surface area contributed by atoms with E-state index in [1.54, 1.807) is 50.8 Å². The number of carbonyl (C=O) groups excluding carboxylic acids is 2. The normalized spacial score (nSPS) is 16.7. The number of anilines is 2. The Morgan fingerprint density at radius 2 is 1.90 bits per heavy atom. The average molecular weight is 782 g/mol. The number of carbonyl (C=O) groups is 2. The predicted octanol–water partition coefficient (Wildman–Crippen LogP) is 8.69. The van der Waals surface area contributed by atoms with Crippen molar-refractivity contribution in [3.8, 4) is 17.2 Å². The fourth-order valence-corrected chi connectivity index (χ4v) is 8.48. The molecule has 0 saturated carbocycles. The molecule has 8 rings (SSSR count). The Morgan fingerprint density at radius 3 is 2.62 bits per heavy atom. The smallest absolute Gasteiger partial charge is 0.414 e. The summed E-state index contributed by atoms with van der Waals surface area (Å²) in [5.41, 5.74) is 3.71. The number of aromatic nitrogens is 4. The highest BCUT2D eigenvalue weighted by atomic mass is 19.1. The standard InChI is InChI=1S/C45H44FN7O5/c1-7-25-13-14-34-27(17-25)15-16-53(34)39-31(28-18-29-40(54)32(23-51(5)42(29)49-21-28)43(55)57-24-26-11-9-8-10-12-26)22-48-41-37(39)36-30(20-47)33(46)19-35(38(36)50-41)52(6)44(56)58-45(2,3)4/h8-13,18-19,21-23,27,34H,7,14-17,24H2,1-6H3,(H,48,50)/t27-,34?/m0/s1. The number of H-pyrrole nitrogens is 1. The number of esters is 1. The van der Waals surface area contributed by atoms with E-state index in [0.717, 1.165) is 37.3 Å². The van der Waals surface area contributed by atoms with Crippen LogP contribution in [0.4, 0.5) is 20.6 Å². The van der Waals surface area contributed by atoms with Gasteiger partial charge in [0.25, 0.3) is 0 Å². The SMILES string of the molecule is CCC1=CCC2[C@@H](CCN2c2c(-c3cnc4c(c3)c(=O)c(C(=O)OCc3ccccc3)cn4C)cnc3[nH]c4c(N(C)C(=O)OC(C)(C)C)cc(F)c(C#N)c4c23)C1. The molecule has 1 aliphatic carbocycles. The Bertz CT molecular complexity index is 2780. The minimum Gasteiger partial charge on any atom is -0.457 e. The van der Waals surface area contributed by atoms with Gasteiger partial charge in [-0.2, -0.15) is 5.26 Å². The third-order valence-corrected chi connectivity index (χ3v) is 11.3. The molecule has 0 spiro atoms. The van der Waals surface area contributed by atoms with Crippen LogP contribution in [0.25, 0.3) is 44.1 Å². The summed E-state index contributed by atoms with van der Waals surface area (Å²) in [6.45, 7) is 8.10. The maximum atomic E-state index is 16.2. The number of amides is 1. The molecule has 1 unspecified atom stereocenters. The quantitative estimate of drug-likeness (QED) is 0.124. The molecule has 58 heavy (non-hydrogen) atoms. The number of hydrogen-bond donors (Lipinski definition) is 1. The summed E-state index contributed by atoms with van der Waals surface area (Å²) >= 11 is 0. The Morgan fingerprint density at radius 1 is 1.12 bits per heavy atom. The van der Waals surface area contributed by atoms with Gasteiger partial charge in [0.1, 0.15) is 41.0 Å². The molecule has 12 nitrogen and oxygen atoms in total. The molecule has 13 heteroatoms. The van der Waals surface area contributed by atoms with Gasteiger partial charge in [-0.3, -0.25) is 9.69 Å². The summed E-state index contributed by atoms with van der Waals surface area (Å²) < 4.78 is 29.0. The molecule has 2 atom stereocenters. The predicted molar refractivity (Wildman–Crippen MR) is 221 cm³/mol. The number of fused-ring (bicyclic) bond motifs is 5. The number of rotatable bonds is 7. The van der Waals surface area contributed by atoms with Crippen molar-refractivity contribution < 1.29 is 23.5 Å². The number of benzene rings is 2. The first-order chi connectivity index (χ1) is 27.8. The fourth-order valence-electron chi connectivity index (χ4n) is 8.48. The number of nitrogens with zero attached hydrogens (tertiary/aromatic N) is 6. The molecule has 2 aromatic carbocycles. The van der Waals surface area contributed by atoms with Crippen molar-refractivity contribution in [1.82, 2.24) is 19.5 Å². The van der Waals surface area contributed by atoms with Crippen molar-refractivity contribution in [3.05, 3.63) is 105 Å². The Balaban J connectivity index is 1.34. The van der Waals surface area contributed by atoms with Crippen LogP contribution in [0.3, 0.4) is 0 Å². The number of allylic oxidation sites excluding steroid dienone is 1. The van der Waals surface area contributed by atoms with Crippen molar-refractivity contribution in [2.75, 3.05) is 23.4 Å². The molecular formula is C45H44FN7O5. The zero-order valence-corrected chi connectivity index (χ0v) is 33.4. The molecule has 0 bridgehead atoms. The number of pyridine rings is 3. The van der Waals surface area contributed by atoms with E-state index in [4.69, 9.17) is 19.4 Å². The van der Waals surface area contributed by atoms with E-state index in [9.17, 15) is 19.6 Å². The van der Waals surface area contributed by atoms with Crippen molar-refractivity contribution in [3.63, 3.8) is 0 Å². The number of halogens is 1. The molecule has 2 aliphatic rings. The highest BCUT2D eigenvalue weighted by Gasteiger charge is 2.39. The second kappa shape index (κ2) is 14.8. The van der Waals surface area contributed by atoms with Crippen molar-refractivity contribution in [1.29, 1.82) is 5.26 Å². The van der Waals surface area contributed by atoms with Crippen LogP contribution in [0.2, 0.25) is 0 Å². The summed E-state index contributed by atoms with van der Waals surface area (Å²) in [4.78, 5) is 57.2. The van der Waals surface area contributed by atoms with Gasteiger partial charge in [-0.25, -0.2) is 23.9 Å². The van der Waals surface area contributed by atoms with Crippen LogP contribution in [0, 0.1) is 23.1 Å². The highest BCUT2D eigenvalue weighted by Crippen LogP contribution is 2.48. The molecular weight excluding hydrogens is 738 g/mol. The van der Waals surface area contributed by atoms with Gasteiger partial charge in [-0.1, -0.05) is 48.9 Å². The van der Waals surface area contributed by atoms with Gasteiger partial charge in [0.2, 0.25) is 5.43 Å². The molecule has 6 aromatic rings. The van der Waals surface area contributed by atoms with E-state index < -0.39 is 28.9 Å². The third kappa shape index (κ3) is 6.72. The molecule has 296 valence electrons. The van der Waals surface area contributed by atoms with Crippen molar-refractivity contribution >= 4 is 56.4 Å². The summed E-state index contributed by atoms with van der Waals surface area (Å²) in [7, 11) is 3.21. The molecule has 1 amide bonds. The third-order valence-electron chi connectivity index (χ3n) is 11.3. The fraction of sp³-hybridized carbons (Fsp3) is 0.333. The van der Waals surface area contributed by atoms with E-state index in [1.165, 1.54) is 23.7 Å². The second-order valence-electron chi connectivity index (χ2n) is 16.1. The molecule has 1 N–H and O–H groups in total. The lowest BCUT2D eigenvalue weighted by Gasteiger charge is -2.34. The molecule has 4 aromatic heterocycles. The lowest BCUT2D eigenvalue weighted by Crippen LogP contribution is -2.34. The minimum atomic E-state index is -0.809. The molecule has 1 saturated heterocycles. The van der Waals surface area contributed by atoms with Crippen LogP contribution in [0.1, 0.15) is 74.9 Å². The summed E-state index contributed by atoms with van der Waals surface area (Å²) in [6.07, 6.45) is 10.1. The van der Waals surface area contributed by atoms with Gasteiger partial charge < -0.3 is 23.9 Å². The van der Waals surface area contributed by atoms with E-state index in [0.29, 0.717) is 51.5 Å². The second-order valence-corrected chi connectivity index (χ2v) is 16.1. The number of aromatic amines is 1. The van der Waals surface area contributed by atoms with Crippen LogP contribution >= 0.6 is 0 Å². The van der Waals surface area contributed by atoms with Crippen molar-refractivity contribution in [2.45, 2.75) is 71.6 Å². The maximum Gasteiger partial charge on any atom is 0.414 e. The van der Waals surface area contributed by atoms with Gasteiger partial charge in [-0.05, 0) is 64.0 Å². The highest BCUT2D eigenvalue weighted by molar-refractivity contribution is 6.21. The van der Waals surface area contributed by atoms with Gasteiger partial charge in [0.15, 0.2) is 0 Å². The molecule has 5 heterocycles. The summed E-state index contributed by atoms with van der Waals surface area (Å²) in [6, 6.07) is 14.3. The van der Waals surface area contributed by atoms with Crippen LogP contribution in [0.15, 0.2) is 77.5 Å². The van der Waals surface area contributed by atoms with E-state index in [-0.39, 0.29) is 40.2 Å². The first-order valence-corrected chi connectivity index (χ1v) is 19.5.